The Kier molecular flexibility index (Phi) is 12.5. The average Bonchev–Trinajstić information content (AvgIpc) is 3.07. The molecule has 0 saturated carbocycles. The number of hydrogen-bond acceptors (Lipinski definition) is 6. The summed E-state index contributed by atoms with van der Waals surface area (Å²) in [5.74, 6) is 0.676. The second kappa shape index (κ2) is 16.6. The molecule has 6 aromatic carbocycles. The van der Waals surface area contributed by atoms with Gasteiger partial charge >= 0.3 is 52.5 Å². The molecule has 0 aliphatic heterocycles. The number of para-hydroxylation sites is 2. The van der Waals surface area contributed by atoms with Crippen LogP contribution in [0.25, 0.3) is 21.5 Å². The summed E-state index contributed by atoms with van der Waals surface area (Å²) in [6.07, 6.45) is 3.06. The zero-order valence-corrected chi connectivity index (χ0v) is 31.1. The number of fused-ring (bicyclic) bond motifs is 2. The second-order valence-electron chi connectivity index (χ2n) is 10.0. The molecule has 0 radical (unpaired) electrons. The molecule has 2 atom stereocenters. The van der Waals surface area contributed by atoms with Crippen LogP contribution < -0.4 is 0 Å². The zero-order chi connectivity index (χ0) is 35.6. The van der Waals surface area contributed by atoms with Gasteiger partial charge in [-0.2, -0.15) is 8.42 Å². The van der Waals surface area contributed by atoms with Gasteiger partial charge < -0.3 is 10.2 Å². The van der Waals surface area contributed by atoms with Gasteiger partial charge in [0.2, 0.25) is 0 Å². The van der Waals surface area contributed by atoms with Crippen LogP contribution >= 0.6 is 0 Å². The van der Waals surface area contributed by atoms with Gasteiger partial charge in [-0.3, -0.25) is 9.98 Å². The van der Waals surface area contributed by atoms with E-state index in [-0.39, 0.29) is 9.79 Å². The van der Waals surface area contributed by atoms with Gasteiger partial charge in [0.05, 0.1) is 22.5 Å². The molecule has 8 N–H and O–H groups in total. The Balaban J connectivity index is 0.000000205. The summed E-state index contributed by atoms with van der Waals surface area (Å²) in [6, 6.07) is 34.1. The molecular formula is C34H30N2O10S2U+4. The molecular weight excluding hydrogens is 899 g/mol. The van der Waals surface area contributed by atoms with Crippen molar-refractivity contribution >= 4 is 65.6 Å². The summed E-state index contributed by atoms with van der Waals surface area (Å²) in [5.41, 5.74) is 2.18. The Morgan fingerprint density at radius 2 is 0.878 bits per heavy atom. The number of benzene rings is 6. The van der Waals surface area contributed by atoms with Gasteiger partial charge in [-0.1, -0.05) is 72.8 Å². The summed E-state index contributed by atoms with van der Waals surface area (Å²) in [4.78, 5) is 8.56. The Morgan fingerprint density at radius 1 is 0.551 bits per heavy atom. The second-order valence-corrected chi connectivity index (χ2v) is 13.6. The van der Waals surface area contributed by atoms with E-state index in [9.17, 15) is 25.9 Å². The topological polar surface area (TPSA) is 222 Å². The fourth-order valence-corrected chi connectivity index (χ4v) is 6.22. The van der Waals surface area contributed by atoms with Gasteiger partial charge in [0.15, 0.2) is 9.79 Å². The van der Waals surface area contributed by atoms with Crippen LogP contribution in [0, 0.1) is 27.8 Å². The quantitative estimate of drug-likeness (QED) is 0.106. The predicted molar refractivity (Wildman–Crippen MR) is 185 cm³/mol. The first kappa shape index (κ1) is 37.1. The van der Waals surface area contributed by atoms with Crippen LogP contribution in [-0.4, -0.2) is 48.6 Å². The summed E-state index contributed by atoms with van der Waals surface area (Å²) in [5, 5.41) is 17.9. The maximum atomic E-state index is 11.7. The van der Waals surface area contributed by atoms with E-state index in [1.807, 2.05) is 12.1 Å². The molecule has 6 aromatic rings. The first-order valence-corrected chi connectivity index (χ1v) is 20.4. The molecule has 15 heteroatoms. The minimum atomic E-state index is -4.10. The van der Waals surface area contributed by atoms with E-state index in [1.165, 1.54) is 24.6 Å². The van der Waals surface area contributed by atoms with Gasteiger partial charge in [0.1, 0.15) is 0 Å². The molecule has 0 fully saturated rings. The zero-order valence-electron chi connectivity index (χ0n) is 25.3. The molecule has 0 saturated heterocycles. The average molecular weight is 929 g/mol. The fourth-order valence-electron chi connectivity index (χ4n) is 4.73. The molecule has 2 unspecified atom stereocenters. The van der Waals surface area contributed by atoms with E-state index in [4.69, 9.17) is 14.7 Å². The minimum absolute atomic E-state index is 0.0677. The first-order valence-electron chi connectivity index (χ1n) is 14.1. The van der Waals surface area contributed by atoms with Crippen molar-refractivity contribution in [2.45, 2.75) is 9.79 Å². The summed E-state index contributed by atoms with van der Waals surface area (Å²) >= 11 is -2.51. The van der Waals surface area contributed by atoms with Crippen molar-refractivity contribution in [3.8, 4) is 11.5 Å². The number of nitrogens with zero attached hydrogens (tertiary/aromatic N) is 2. The summed E-state index contributed by atoms with van der Waals surface area (Å²) < 4.78 is 78.8. The van der Waals surface area contributed by atoms with E-state index >= 15 is 0 Å². The van der Waals surface area contributed by atoms with Crippen LogP contribution in [0.2, 0.25) is 0 Å². The van der Waals surface area contributed by atoms with Crippen LogP contribution in [0.3, 0.4) is 0 Å². The number of aliphatic imine (C=N–C) groups is 2. The molecule has 12 nitrogen and oxygen atoms in total. The Morgan fingerprint density at radius 3 is 1.20 bits per heavy atom. The standard InChI is InChI=1S/2C17H13NO4S.2O.U/c2*19-15-9-2-1-5-13(15)11-18-14-8-3-6-12-7-4-10-16(17(12)14)23(20,21)22;;;/h2*1-11,19H,(H,20,21,22);;;/p+4. The van der Waals surface area contributed by atoms with Crippen LogP contribution in [0.5, 0.6) is 11.5 Å². The maximum absolute atomic E-state index is 11.7. The van der Waals surface area contributed by atoms with Crippen molar-refractivity contribution in [1.29, 1.82) is 0 Å². The molecule has 248 valence electrons. The van der Waals surface area contributed by atoms with Crippen LogP contribution in [0.1, 0.15) is 11.1 Å². The molecule has 49 heavy (non-hydrogen) atoms. The van der Waals surface area contributed by atoms with Crippen molar-refractivity contribution < 1.29 is 68.4 Å². The molecule has 0 aliphatic rings. The van der Waals surface area contributed by atoms with Crippen LogP contribution in [0.4, 0.5) is 11.4 Å². The van der Waals surface area contributed by atoms with E-state index in [0.717, 1.165) is 0 Å². The Hall–Kier alpha value is -4.75. The number of hydrogen-bond donors (Lipinski definition) is 2. The van der Waals surface area contributed by atoms with Gasteiger partial charge in [0, 0.05) is 35.3 Å². The first-order chi connectivity index (χ1) is 23.3. The summed E-state index contributed by atoms with van der Waals surface area (Å²) in [7, 11) is -8.21. The molecule has 0 aliphatic carbocycles. The number of rotatable bonds is 6. The molecule has 6 rings (SSSR count). The van der Waals surface area contributed by atoms with E-state index in [1.54, 1.807) is 97.1 Å². The third-order valence-electron chi connectivity index (χ3n) is 6.87. The van der Waals surface area contributed by atoms with Gasteiger partial charge in [0.25, 0.3) is 11.5 Å². The SMILES string of the molecule is O=S(O)(=[OH+])c1cccc2cccc(N=Cc3ccccc3[OH2+])c12.O=S(O)(=[OH+])c1cccc2cccc(N=Cc3ccccc3[OH2+])c12.[O]=[U]=[O]. The van der Waals surface area contributed by atoms with Crippen LogP contribution in [-0.2, 0) is 24.7 Å². The third-order valence-corrected chi connectivity index (χ3v) is 8.70. The third kappa shape index (κ3) is 9.67. The Labute approximate surface area is 295 Å². The molecule has 0 aromatic heterocycles. The predicted octanol–water partition coefficient (Wildman–Crippen LogP) is 6.63. The molecule has 0 bridgehead atoms. The molecule has 0 spiro atoms. The van der Waals surface area contributed by atoms with Crippen LogP contribution in [0.15, 0.2) is 141 Å². The van der Waals surface area contributed by atoms with Gasteiger partial charge in [-0.25, -0.2) is 9.11 Å². The van der Waals surface area contributed by atoms with E-state index in [0.29, 0.717) is 55.5 Å². The van der Waals surface area contributed by atoms with Crippen molar-refractivity contribution in [1.82, 2.24) is 0 Å². The van der Waals surface area contributed by atoms with Gasteiger partial charge in [-0.05, 0) is 47.2 Å². The van der Waals surface area contributed by atoms with Crippen molar-refractivity contribution in [2.24, 2.45) is 9.98 Å². The van der Waals surface area contributed by atoms with E-state index in [2.05, 4.69) is 9.98 Å². The fraction of sp³-hybridized carbons (Fsp3) is 0. The van der Waals surface area contributed by atoms with Crippen molar-refractivity contribution in [3.05, 3.63) is 132 Å². The van der Waals surface area contributed by atoms with E-state index < -0.39 is 48.1 Å². The van der Waals surface area contributed by atoms with Gasteiger partial charge in [-0.15, -0.1) is 8.42 Å². The monoisotopic (exact) mass is 928 g/mol. The normalized spacial score (nSPS) is 13.4. The summed E-state index contributed by atoms with van der Waals surface area (Å²) in [6.45, 7) is 0. The molecule has 0 heterocycles. The van der Waals surface area contributed by atoms with Crippen molar-refractivity contribution in [2.75, 3.05) is 0 Å². The molecule has 0 amide bonds. The van der Waals surface area contributed by atoms with Crippen molar-refractivity contribution in [3.63, 3.8) is 0 Å². The Bertz CT molecular complexity index is 2280.